The normalized spacial score (nSPS) is 29.8. The zero-order valence-electron chi connectivity index (χ0n) is 8.42. The summed E-state index contributed by atoms with van der Waals surface area (Å²) in [6.45, 7) is 5.01. The summed E-state index contributed by atoms with van der Waals surface area (Å²) < 4.78 is 5.82. The molecule has 1 aromatic carbocycles. The first-order chi connectivity index (χ1) is 6.84. The number of ether oxygens (including phenoxy) is 1. The largest absolute Gasteiger partial charge is 0.372 e. The molecule has 2 heteroatoms. The van der Waals surface area contributed by atoms with Crippen LogP contribution in [0.2, 0.25) is 0 Å². The molecule has 2 aliphatic rings. The maximum atomic E-state index is 5.82. The minimum Gasteiger partial charge on any atom is -0.372 e. The molecule has 1 aromatic rings. The lowest BCUT2D eigenvalue weighted by molar-refractivity contribution is 0.0299. The minimum absolute atomic E-state index is 0.408. The van der Waals surface area contributed by atoms with Gasteiger partial charge in [0.15, 0.2) is 0 Å². The van der Waals surface area contributed by atoms with E-state index in [2.05, 4.69) is 30.4 Å². The van der Waals surface area contributed by atoms with Crippen LogP contribution in [0, 0.1) is 6.92 Å². The van der Waals surface area contributed by atoms with Gasteiger partial charge in [0.05, 0.1) is 12.7 Å². The third-order valence-corrected chi connectivity index (χ3v) is 3.31. The second-order valence-corrected chi connectivity index (χ2v) is 4.32. The predicted octanol–water partition coefficient (Wildman–Crippen LogP) is 1.58. The summed E-state index contributed by atoms with van der Waals surface area (Å²) in [7, 11) is 0. The molecule has 2 unspecified atom stereocenters. The first-order valence-electron chi connectivity index (χ1n) is 5.26. The molecule has 2 nitrogen and oxygen atoms in total. The van der Waals surface area contributed by atoms with Crippen LogP contribution >= 0.6 is 0 Å². The van der Waals surface area contributed by atoms with E-state index in [0.29, 0.717) is 12.0 Å². The fraction of sp³-hybridized carbons (Fsp3) is 0.500. The molecule has 2 aliphatic heterocycles. The second kappa shape index (κ2) is 3.07. The molecule has 74 valence electrons. The van der Waals surface area contributed by atoms with Crippen molar-refractivity contribution < 1.29 is 4.74 Å². The topological polar surface area (TPSA) is 21.3 Å². The number of fused-ring (bicyclic) bond motifs is 3. The van der Waals surface area contributed by atoms with Crippen molar-refractivity contribution in [3.63, 3.8) is 0 Å². The van der Waals surface area contributed by atoms with Crippen LogP contribution in [0.4, 0.5) is 0 Å². The number of benzene rings is 1. The summed E-state index contributed by atoms with van der Waals surface area (Å²) in [5.41, 5.74) is 4.21. The van der Waals surface area contributed by atoms with E-state index in [-0.39, 0.29) is 0 Å². The van der Waals surface area contributed by atoms with Gasteiger partial charge >= 0.3 is 0 Å². The average Bonchev–Trinajstić information content (AvgIpc) is 2.65. The second-order valence-electron chi connectivity index (χ2n) is 4.32. The van der Waals surface area contributed by atoms with Gasteiger partial charge in [0, 0.05) is 19.0 Å². The Balaban J connectivity index is 2.05. The molecule has 0 bridgehead atoms. The third-order valence-electron chi connectivity index (χ3n) is 3.31. The van der Waals surface area contributed by atoms with Gasteiger partial charge in [0.2, 0.25) is 0 Å². The standard InChI is InChI=1S/C12H15NO/c1-8-2-3-10-9(4-8)7-14-12-6-13-5-11(10)12/h2-4,11-13H,5-7H2,1H3. The summed E-state index contributed by atoms with van der Waals surface area (Å²) in [6, 6.07) is 6.74. The molecule has 2 atom stereocenters. The molecule has 0 radical (unpaired) electrons. The van der Waals surface area contributed by atoms with Crippen LogP contribution in [0.25, 0.3) is 0 Å². The molecular formula is C12H15NO. The SMILES string of the molecule is Cc1ccc2c(c1)COC1CNCC21. The van der Waals surface area contributed by atoms with Gasteiger partial charge in [-0.05, 0) is 18.1 Å². The van der Waals surface area contributed by atoms with E-state index in [1.807, 2.05) is 0 Å². The highest BCUT2D eigenvalue weighted by Gasteiger charge is 2.33. The average molecular weight is 189 g/mol. The monoisotopic (exact) mass is 189 g/mol. The summed E-state index contributed by atoms with van der Waals surface area (Å²) in [5, 5.41) is 3.39. The number of rotatable bonds is 0. The first kappa shape index (κ1) is 8.45. The van der Waals surface area contributed by atoms with Gasteiger partial charge in [-0.2, -0.15) is 0 Å². The smallest absolute Gasteiger partial charge is 0.0784 e. The Bertz CT molecular complexity index is 361. The minimum atomic E-state index is 0.408. The van der Waals surface area contributed by atoms with E-state index >= 15 is 0 Å². The molecule has 1 N–H and O–H groups in total. The summed E-state index contributed by atoms with van der Waals surface area (Å²) >= 11 is 0. The Morgan fingerprint density at radius 3 is 3.21 bits per heavy atom. The molecule has 0 spiro atoms. The van der Waals surface area contributed by atoms with E-state index in [9.17, 15) is 0 Å². The lowest BCUT2D eigenvalue weighted by Crippen LogP contribution is -2.26. The molecule has 0 amide bonds. The maximum Gasteiger partial charge on any atom is 0.0784 e. The summed E-state index contributed by atoms with van der Waals surface area (Å²) in [5.74, 6) is 0.583. The van der Waals surface area contributed by atoms with Gasteiger partial charge in [-0.1, -0.05) is 23.8 Å². The molecule has 3 rings (SSSR count). The van der Waals surface area contributed by atoms with E-state index in [1.165, 1.54) is 16.7 Å². The number of hydrogen-bond acceptors (Lipinski definition) is 2. The Kier molecular flexibility index (Phi) is 1.85. The van der Waals surface area contributed by atoms with E-state index < -0.39 is 0 Å². The van der Waals surface area contributed by atoms with Crippen LogP contribution < -0.4 is 5.32 Å². The van der Waals surface area contributed by atoms with Crippen molar-refractivity contribution >= 4 is 0 Å². The Morgan fingerprint density at radius 2 is 2.29 bits per heavy atom. The first-order valence-corrected chi connectivity index (χ1v) is 5.26. The molecule has 0 aromatic heterocycles. The molecule has 14 heavy (non-hydrogen) atoms. The van der Waals surface area contributed by atoms with E-state index in [1.54, 1.807) is 0 Å². The molecule has 1 fully saturated rings. The number of nitrogens with one attached hydrogen (secondary N) is 1. The lowest BCUT2D eigenvalue weighted by Gasteiger charge is -2.28. The van der Waals surface area contributed by atoms with Crippen LogP contribution in [0.15, 0.2) is 18.2 Å². The van der Waals surface area contributed by atoms with Crippen LogP contribution in [-0.2, 0) is 11.3 Å². The highest BCUT2D eigenvalue weighted by molar-refractivity contribution is 5.37. The zero-order chi connectivity index (χ0) is 9.54. The highest BCUT2D eigenvalue weighted by atomic mass is 16.5. The van der Waals surface area contributed by atoms with Crippen LogP contribution in [0.5, 0.6) is 0 Å². The fourth-order valence-electron chi connectivity index (χ4n) is 2.56. The van der Waals surface area contributed by atoms with Gasteiger partial charge in [0.1, 0.15) is 0 Å². The van der Waals surface area contributed by atoms with Gasteiger partial charge < -0.3 is 10.1 Å². The van der Waals surface area contributed by atoms with Crippen LogP contribution in [0.1, 0.15) is 22.6 Å². The quantitative estimate of drug-likeness (QED) is 0.669. The van der Waals surface area contributed by atoms with Crippen molar-refractivity contribution in [1.29, 1.82) is 0 Å². The van der Waals surface area contributed by atoms with Gasteiger partial charge in [-0.3, -0.25) is 0 Å². The van der Waals surface area contributed by atoms with Gasteiger partial charge in [-0.25, -0.2) is 0 Å². The van der Waals surface area contributed by atoms with E-state index in [4.69, 9.17) is 4.74 Å². The van der Waals surface area contributed by atoms with Crippen molar-refractivity contribution in [3.05, 3.63) is 34.9 Å². The van der Waals surface area contributed by atoms with Crippen molar-refractivity contribution in [2.24, 2.45) is 0 Å². The van der Waals surface area contributed by atoms with E-state index in [0.717, 1.165) is 19.7 Å². The van der Waals surface area contributed by atoms with Crippen molar-refractivity contribution in [1.82, 2.24) is 5.32 Å². The van der Waals surface area contributed by atoms with Crippen LogP contribution in [0.3, 0.4) is 0 Å². The third kappa shape index (κ3) is 1.18. The fourth-order valence-corrected chi connectivity index (χ4v) is 2.56. The number of aryl methyl sites for hydroxylation is 1. The van der Waals surface area contributed by atoms with Gasteiger partial charge in [0.25, 0.3) is 0 Å². The van der Waals surface area contributed by atoms with Crippen molar-refractivity contribution in [2.75, 3.05) is 13.1 Å². The highest BCUT2D eigenvalue weighted by Crippen LogP contribution is 2.33. The Labute approximate surface area is 84.3 Å². The summed E-state index contributed by atoms with van der Waals surface area (Å²) in [4.78, 5) is 0. The number of hydrogen-bond donors (Lipinski definition) is 1. The Hall–Kier alpha value is -0.860. The molecular weight excluding hydrogens is 174 g/mol. The molecule has 0 saturated carbocycles. The summed E-state index contributed by atoms with van der Waals surface area (Å²) in [6.07, 6.45) is 0.408. The predicted molar refractivity (Wildman–Crippen MR) is 55.4 cm³/mol. The molecule has 1 saturated heterocycles. The zero-order valence-corrected chi connectivity index (χ0v) is 8.42. The maximum absolute atomic E-state index is 5.82. The van der Waals surface area contributed by atoms with Crippen molar-refractivity contribution in [3.8, 4) is 0 Å². The van der Waals surface area contributed by atoms with Crippen molar-refractivity contribution in [2.45, 2.75) is 25.6 Å². The molecule has 0 aliphatic carbocycles. The Morgan fingerprint density at radius 1 is 1.36 bits per heavy atom. The van der Waals surface area contributed by atoms with Crippen LogP contribution in [-0.4, -0.2) is 19.2 Å². The van der Waals surface area contributed by atoms with Gasteiger partial charge in [-0.15, -0.1) is 0 Å². The lowest BCUT2D eigenvalue weighted by atomic mass is 9.89. The molecule has 2 heterocycles.